The number of nitrogens with zero attached hydrogens (tertiary/aromatic N) is 4. The summed E-state index contributed by atoms with van der Waals surface area (Å²) in [6.45, 7) is 4.56. The Morgan fingerprint density at radius 2 is 1.77 bits per heavy atom. The Labute approximate surface area is 205 Å². The van der Waals surface area contributed by atoms with Crippen molar-refractivity contribution >= 4 is 21.4 Å². The average Bonchev–Trinajstić information content (AvgIpc) is 3.29. The van der Waals surface area contributed by atoms with Crippen LogP contribution in [0.15, 0.2) is 48.8 Å². The van der Waals surface area contributed by atoms with E-state index in [1.165, 1.54) is 16.4 Å². The van der Waals surface area contributed by atoms with Gasteiger partial charge in [0.15, 0.2) is 0 Å². The highest BCUT2D eigenvalue weighted by Crippen LogP contribution is 2.31. The van der Waals surface area contributed by atoms with Gasteiger partial charge in [-0.05, 0) is 61.3 Å². The quantitative estimate of drug-likeness (QED) is 0.532. The van der Waals surface area contributed by atoms with Crippen LogP contribution in [0, 0.1) is 11.7 Å². The molecule has 5 rings (SSSR count). The summed E-state index contributed by atoms with van der Waals surface area (Å²) < 4.78 is 43.0. The summed E-state index contributed by atoms with van der Waals surface area (Å²) in [5, 5.41) is 4.38. The van der Waals surface area contributed by atoms with Crippen LogP contribution in [0.3, 0.4) is 0 Å². The summed E-state index contributed by atoms with van der Waals surface area (Å²) in [6, 6.07) is 10.0. The lowest BCUT2D eigenvalue weighted by Gasteiger charge is -2.31. The van der Waals surface area contributed by atoms with Gasteiger partial charge in [-0.2, -0.15) is 5.10 Å². The van der Waals surface area contributed by atoms with Crippen molar-refractivity contribution in [1.29, 1.82) is 0 Å². The number of hydrogen-bond donors (Lipinski definition) is 0. The van der Waals surface area contributed by atoms with E-state index in [1.54, 1.807) is 22.8 Å². The Morgan fingerprint density at radius 3 is 2.49 bits per heavy atom. The molecule has 2 aromatic heterocycles. The van der Waals surface area contributed by atoms with Gasteiger partial charge in [0.1, 0.15) is 5.82 Å². The number of rotatable bonds is 5. The molecule has 0 N–H and O–H groups in total. The smallest absolute Gasteiger partial charge is 0.257 e. The molecule has 4 heterocycles. The fourth-order valence-electron chi connectivity index (χ4n) is 5.17. The van der Waals surface area contributed by atoms with Crippen LogP contribution in [0.1, 0.15) is 60.0 Å². The van der Waals surface area contributed by atoms with E-state index in [9.17, 15) is 17.6 Å². The Hall–Kier alpha value is -2.78. The normalized spacial score (nSPS) is 18.9. The van der Waals surface area contributed by atoms with Crippen molar-refractivity contribution in [3.63, 3.8) is 0 Å². The van der Waals surface area contributed by atoms with E-state index >= 15 is 0 Å². The highest BCUT2D eigenvalue weighted by atomic mass is 32.2. The van der Waals surface area contributed by atoms with Crippen molar-refractivity contribution in [2.24, 2.45) is 5.92 Å². The number of amides is 1. The highest BCUT2D eigenvalue weighted by molar-refractivity contribution is 7.88. The number of piperidine rings is 2. The van der Waals surface area contributed by atoms with Gasteiger partial charge < -0.3 is 4.90 Å². The van der Waals surface area contributed by atoms with Gasteiger partial charge in [0.05, 0.1) is 23.0 Å². The number of aromatic nitrogens is 2. The number of carbonyl (C=O) groups excluding carboxylic acids is 1. The second-order valence-electron chi connectivity index (χ2n) is 9.84. The van der Waals surface area contributed by atoms with Crippen molar-refractivity contribution < 1.29 is 17.6 Å². The van der Waals surface area contributed by atoms with Crippen LogP contribution in [0.2, 0.25) is 0 Å². The van der Waals surface area contributed by atoms with E-state index in [0.717, 1.165) is 37.0 Å². The predicted molar refractivity (Wildman–Crippen MR) is 132 cm³/mol. The number of sulfonamides is 1. The minimum absolute atomic E-state index is 0.0260. The topological polar surface area (TPSA) is 75.0 Å². The number of hydrogen-bond acceptors (Lipinski definition) is 4. The molecule has 2 aliphatic rings. The molecule has 2 aliphatic heterocycles. The van der Waals surface area contributed by atoms with E-state index in [4.69, 9.17) is 0 Å². The van der Waals surface area contributed by atoms with Gasteiger partial charge in [0.25, 0.3) is 5.91 Å². The number of likely N-dealkylation sites (tertiary alicyclic amines) is 1. The molecule has 9 heteroatoms. The molecule has 0 aliphatic carbocycles. The van der Waals surface area contributed by atoms with Crippen molar-refractivity contribution in [3.05, 3.63) is 71.3 Å². The minimum atomic E-state index is -3.60. The van der Waals surface area contributed by atoms with Crippen LogP contribution in [-0.2, 0) is 15.8 Å². The van der Waals surface area contributed by atoms with Gasteiger partial charge in [0, 0.05) is 37.9 Å². The first kappa shape index (κ1) is 23.9. The van der Waals surface area contributed by atoms with Crippen LogP contribution in [0.5, 0.6) is 0 Å². The molecule has 0 saturated carbocycles. The van der Waals surface area contributed by atoms with Gasteiger partial charge in [-0.3, -0.25) is 4.79 Å². The zero-order valence-electron chi connectivity index (χ0n) is 19.9. The van der Waals surface area contributed by atoms with Crippen molar-refractivity contribution in [2.75, 3.05) is 26.2 Å². The maximum atomic E-state index is 14.0. The summed E-state index contributed by atoms with van der Waals surface area (Å²) in [6.07, 6.45) is 6.92. The third-order valence-electron chi connectivity index (χ3n) is 7.46. The van der Waals surface area contributed by atoms with Crippen LogP contribution in [-0.4, -0.2) is 59.3 Å². The SMILES string of the molecule is CC1CCN(C(=O)c2cnn3ccc(C4CCN(S(=O)(=O)Cc5ccccc5F)CC4)cc23)CC1. The van der Waals surface area contributed by atoms with Crippen LogP contribution in [0.25, 0.3) is 5.52 Å². The standard InChI is InChI=1S/C26H31FN4O3S/c1-19-6-11-29(12-7-19)26(32)23-17-28-31-15-10-21(16-25(23)31)20-8-13-30(14-9-20)35(33,34)18-22-4-2-3-5-24(22)27/h2-5,10,15-17,19-20H,6-9,11-14,18H2,1H3. The highest BCUT2D eigenvalue weighted by Gasteiger charge is 2.30. The van der Waals surface area contributed by atoms with Gasteiger partial charge in [0.2, 0.25) is 10.0 Å². The molecule has 186 valence electrons. The van der Waals surface area contributed by atoms with Crippen molar-refractivity contribution in [1.82, 2.24) is 18.8 Å². The Kier molecular flexibility index (Phi) is 6.63. The second-order valence-corrected chi connectivity index (χ2v) is 11.8. The predicted octanol–water partition coefficient (Wildman–Crippen LogP) is 4.05. The molecule has 0 unspecified atom stereocenters. The van der Waals surface area contributed by atoms with Gasteiger partial charge in [-0.1, -0.05) is 25.1 Å². The Balaban J connectivity index is 1.28. The first-order chi connectivity index (χ1) is 16.8. The molecule has 0 spiro atoms. The zero-order chi connectivity index (χ0) is 24.6. The van der Waals surface area contributed by atoms with Crippen molar-refractivity contribution in [2.45, 2.75) is 44.3 Å². The number of fused-ring (bicyclic) bond motifs is 1. The molecule has 1 aromatic carbocycles. The largest absolute Gasteiger partial charge is 0.339 e. The maximum absolute atomic E-state index is 14.0. The molecule has 2 fully saturated rings. The molecular weight excluding hydrogens is 467 g/mol. The molecule has 2 saturated heterocycles. The third-order valence-corrected chi connectivity index (χ3v) is 9.29. The molecule has 0 bridgehead atoms. The van der Waals surface area contributed by atoms with E-state index in [0.29, 0.717) is 37.4 Å². The third kappa shape index (κ3) is 4.97. The summed E-state index contributed by atoms with van der Waals surface area (Å²) in [4.78, 5) is 15.1. The monoisotopic (exact) mass is 498 g/mol. The number of halogens is 1. The number of pyridine rings is 1. The first-order valence-corrected chi connectivity index (χ1v) is 13.9. The number of carbonyl (C=O) groups is 1. The van der Waals surface area contributed by atoms with E-state index in [-0.39, 0.29) is 23.1 Å². The maximum Gasteiger partial charge on any atom is 0.257 e. The Morgan fingerprint density at radius 1 is 1.06 bits per heavy atom. The molecular formula is C26H31FN4O3S. The first-order valence-electron chi connectivity index (χ1n) is 12.3. The zero-order valence-corrected chi connectivity index (χ0v) is 20.8. The second kappa shape index (κ2) is 9.70. The van der Waals surface area contributed by atoms with E-state index < -0.39 is 15.8 Å². The molecule has 3 aromatic rings. The molecule has 0 atom stereocenters. The summed E-state index contributed by atoms with van der Waals surface area (Å²) in [7, 11) is -3.60. The lowest BCUT2D eigenvalue weighted by Crippen LogP contribution is -2.38. The molecule has 35 heavy (non-hydrogen) atoms. The summed E-state index contributed by atoms with van der Waals surface area (Å²) in [5.41, 5.74) is 2.69. The van der Waals surface area contributed by atoms with E-state index in [1.807, 2.05) is 23.2 Å². The van der Waals surface area contributed by atoms with Crippen LogP contribution in [0.4, 0.5) is 4.39 Å². The fourth-order valence-corrected chi connectivity index (χ4v) is 6.75. The minimum Gasteiger partial charge on any atom is -0.339 e. The summed E-state index contributed by atoms with van der Waals surface area (Å²) in [5.74, 6) is 0.0412. The van der Waals surface area contributed by atoms with Crippen LogP contribution < -0.4 is 0 Å². The fraction of sp³-hybridized carbons (Fsp3) is 0.462. The van der Waals surface area contributed by atoms with Gasteiger partial charge in [-0.15, -0.1) is 0 Å². The van der Waals surface area contributed by atoms with Crippen molar-refractivity contribution in [3.8, 4) is 0 Å². The molecule has 0 radical (unpaired) electrons. The Bertz CT molecular complexity index is 1320. The van der Waals surface area contributed by atoms with Crippen LogP contribution >= 0.6 is 0 Å². The van der Waals surface area contributed by atoms with Gasteiger partial charge in [-0.25, -0.2) is 21.6 Å². The lowest BCUT2D eigenvalue weighted by molar-refractivity contribution is 0.0699. The molecule has 7 nitrogen and oxygen atoms in total. The van der Waals surface area contributed by atoms with E-state index in [2.05, 4.69) is 12.0 Å². The number of benzene rings is 1. The average molecular weight is 499 g/mol. The van der Waals surface area contributed by atoms with Gasteiger partial charge >= 0.3 is 0 Å². The summed E-state index contributed by atoms with van der Waals surface area (Å²) >= 11 is 0. The lowest BCUT2D eigenvalue weighted by atomic mass is 9.90. The molecule has 1 amide bonds.